The number of hydrogen-bond acceptors (Lipinski definition) is 4. The van der Waals surface area contributed by atoms with Crippen LogP contribution in [0.1, 0.15) is 24.1 Å². The van der Waals surface area contributed by atoms with Crippen LogP contribution in [-0.2, 0) is 9.59 Å². The maximum Gasteiger partial charge on any atom is 0.300 e. The molecular weight excluding hydrogens is 485 g/mol. The lowest BCUT2D eigenvalue weighted by molar-refractivity contribution is -0.132. The van der Waals surface area contributed by atoms with E-state index in [1.54, 1.807) is 48.5 Å². The zero-order chi connectivity index (χ0) is 23.7. The van der Waals surface area contributed by atoms with Crippen LogP contribution in [0.2, 0.25) is 15.1 Å². The van der Waals surface area contributed by atoms with Crippen molar-refractivity contribution < 1.29 is 19.4 Å². The van der Waals surface area contributed by atoms with Gasteiger partial charge in [0, 0.05) is 16.3 Å². The second-order valence-electron chi connectivity index (χ2n) is 7.28. The van der Waals surface area contributed by atoms with Crippen LogP contribution in [0.3, 0.4) is 0 Å². The summed E-state index contributed by atoms with van der Waals surface area (Å²) in [4.78, 5) is 27.6. The first-order valence-electron chi connectivity index (χ1n) is 10.1. The van der Waals surface area contributed by atoms with Crippen molar-refractivity contribution in [2.75, 3.05) is 11.5 Å². The number of carbonyl (C=O) groups excluding carboxylic acids is 2. The molecule has 1 heterocycles. The van der Waals surface area contributed by atoms with Crippen molar-refractivity contribution in [1.82, 2.24) is 0 Å². The number of carbonyl (C=O) groups is 2. The normalized spacial score (nSPS) is 17.5. The standard InChI is InChI=1S/C25H18Cl3NO4/c1-2-33-18-10-3-14(4-11-18)22-21(23(30)15-5-12-19(27)20(28)13-15)24(31)25(32)29(22)17-8-6-16(26)7-9-17/h3-13,22,30H,2H2,1H3/b23-21-. The molecular formula is C25H18Cl3NO4. The van der Waals surface area contributed by atoms with Crippen molar-refractivity contribution >= 4 is 57.9 Å². The van der Waals surface area contributed by atoms with E-state index in [1.807, 2.05) is 6.92 Å². The van der Waals surface area contributed by atoms with E-state index in [9.17, 15) is 14.7 Å². The molecule has 1 aliphatic heterocycles. The summed E-state index contributed by atoms with van der Waals surface area (Å²) in [7, 11) is 0. The molecule has 0 aliphatic carbocycles. The Bertz CT molecular complexity index is 1250. The van der Waals surface area contributed by atoms with Gasteiger partial charge in [-0.15, -0.1) is 0 Å². The third-order valence-corrected chi connectivity index (χ3v) is 6.24. The molecule has 1 N–H and O–H groups in total. The molecule has 0 radical (unpaired) electrons. The molecule has 0 spiro atoms. The van der Waals surface area contributed by atoms with Gasteiger partial charge in [-0.1, -0.05) is 46.9 Å². The van der Waals surface area contributed by atoms with Gasteiger partial charge in [0.15, 0.2) is 0 Å². The Morgan fingerprint density at radius 2 is 1.61 bits per heavy atom. The average Bonchev–Trinajstić information content (AvgIpc) is 3.07. The molecule has 4 rings (SSSR count). The molecule has 168 valence electrons. The molecule has 0 bridgehead atoms. The Kier molecular flexibility index (Phi) is 6.66. The van der Waals surface area contributed by atoms with Gasteiger partial charge in [0.05, 0.1) is 28.3 Å². The van der Waals surface area contributed by atoms with Crippen LogP contribution < -0.4 is 9.64 Å². The lowest BCUT2D eigenvalue weighted by Crippen LogP contribution is -2.29. The number of ether oxygens (including phenoxy) is 1. The number of rotatable bonds is 5. The second kappa shape index (κ2) is 9.48. The summed E-state index contributed by atoms with van der Waals surface area (Å²) in [6, 6.07) is 17.2. The molecule has 1 fully saturated rings. The largest absolute Gasteiger partial charge is 0.507 e. The number of nitrogens with zero attached hydrogens (tertiary/aromatic N) is 1. The summed E-state index contributed by atoms with van der Waals surface area (Å²) in [5, 5.41) is 12.1. The third-order valence-electron chi connectivity index (χ3n) is 5.25. The lowest BCUT2D eigenvalue weighted by atomic mass is 9.95. The minimum absolute atomic E-state index is 0.0579. The van der Waals surface area contributed by atoms with E-state index < -0.39 is 17.7 Å². The highest BCUT2D eigenvalue weighted by molar-refractivity contribution is 6.52. The highest BCUT2D eigenvalue weighted by Gasteiger charge is 2.47. The van der Waals surface area contributed by atoms with Gasteiger partial charge in [0.25, 0.3) is 11.7 Å². The Labute approximate surface area is 205 Å². The molecule has 1 saturated heterocycles. The molecule has 0 saturated carbocycles. The molecule has 1 unspecified atom stereocenters. The molecule has 1 amide bonds. The van der Waals surface area contributed by atoms with Gasteiger partial charge in [-0.2, -0.15) is 0 Å². The maximum absolute atomic E-state index is 13.2. The zero-order valence-electron chi connectivity index (χ0n) is 17.4. The summed E-state index contributed by atoms with van der Waals surface area (Å²) in [6.07, 6.45) is 0. The number of amides is 1. The summed E-state index contributed by atoms with van der Waals surface area (Å²) in [5.41, 5.74) is 1.30. The highest BCUT2D eigenvalue weighted by atomic mass is 35.5. The zero-order valence-corrected chi connectivity index (χ0v) is 19.7. The number of aliphatic hydroxyl groups excluding tert-OH is 1. The molecule has 3 aromatic rings. The fourth-order valence-electron chi connectivity index (χ4n) is 3.73. The van der Waals surface area contributed by atoms with E-state index in [0.717, 1.165) is 0 Å². The van der Waals surface area contributed by atoms with E-state index >= 15 is 0 Å². The molecule has 8 heteroatoms. The van der Waals surface area contributed by atoms with Crippen molar-refractivity contribution in [3.63, 3.8) is 0 Å². The quantitative estimate of drug-likeness (QED) is 0.240. The summed E-state index contributed by atoms with van der Waals surface area (Å²) >= 11 is 18.1. The number of aliphatic hydroxyl groups is 1. The Morgan fingerprint density at radius 3 is 2.21 bits per heavy atom. The van der Waals surface area contributed by atoms with Crippen LogP contribution in [-0.4, -0.2) is 23.4 Å². The summed E-state index contributed by atoms with van der Waals surface area (Å²) in [6.45, 7) is 2.38. The van der Waals surface area contributed by atoms with Gasteiger partial charge in [0.1, 0.15) is 11.5 Å². The van der Waals surface area contributed by atoms with Gasteiger partial charge < -0.3 is 9.84 Å². The molecule has 0 aromatic heterocycles. The Balaban J connectivity index is 1.91. The molecule has 5 nitrogen and oxygen atoms in total. The molecule has 3 aromatic carbocycles. The van der Waals surface area contributed by atoms with Crippen LogP contribution in [0.5, 0.6) is 5.75 Å². The fourth-order valence-corrected chi connectivity index (χ4v) is 4.15. The number of halogens is 3. The monoisotopic (exact) mass is 501 g/mol. The van der Waals surface area contributed by atoms with Crippen LogP contribution in [0.15, 0.2) is 72.3 Å². The van der Waals surface area contributed by atoms with Crippen molar-refractivity contribution in [3.8, 4) is 5.75 Å². The average molecular weight is 503 g/mol. The summed E-state index contributed by atoms with van der Waals surface area (Å²) in [5.74, 6) is -1.28. The van der Waals surface area contributed by atoms with Crippen LogP contribution in [0.4, 0.5) is 5.69 Å². The van der Waals surface area contributed by atoms with Gasteiger partial charge in [-0.3, -0.25) is 14.5 Å². The first-order valence-corrected chi connectivity index (χ1v) is 11.2. The number of hydrogen-bond donors (Lipinski definition) is 1. The number of ketones is 1. The predicted molar refractivity (Wildman–Crippen MR) is 130 cm³/mol. The second-order valence-corrected chi connectivity index (χ2v) is 8.53. The molecule has 1 atom stereocenters. The van der Waals surface area contributed by atoms with E-state index in [-0.39, 0.29) is 21.9 Å². The third kappa shape index (κ3) is 4.44. The number of benzene rings is 3. The first kappa shape index (κ1) is 23.2. The van der Waals surface area contributed by atoms with E-state index in [0.29, 0.717) is 33.7 Å². The van der Waals surface area contributed by atoms with Crippen LogP contribution >= 0.6 is 34.8 Å². The van der Waals surface area contributed by atoms with Crippen molar-refractivity contribution in [3.05, 3.63) is 98.5 Å². The SMILES string of the molecule is CCOc1ccc(C2/C(=C(/O)c3ccc(Cl)c(Cl)c3)C(=O)C(=O)N2c2ccc(Cl)cc2)cc1. The smallest absolute Gasteiger partial charge is 0.300 e. The lowest BCUT2D eigenvalue weighted by Gasteiger charge is -2.25. The Morgan fingerprint density at radius 1 is 0.939 bits per heavy atom. The minimum atomic E-state index is -0.878. The number of anilines is 1. The highest BCUT2D eigenvalue weighted by Crippen LogP contribution is 2.43. The van der Waals surface area contributed by atoms with E-state index in [4.69, 9.17) is 39.5 Å². The Hall–Kier alpha value is -2.99. The molecule has 1 aliphatic rings. The first-order chi connectivity index (χ1) is 15.8. The van der Waals surface area contributed by atoms with Gasteiger partial charge in [0.2, 0.25) is 0 Å². The van der Waals surface area contributed by atoms with Crippen molar-refractivity contribution in [2.45, 2.75) is 13.0 Å². The van der Waals surface area contributed by atoms with Crippen LogP contribution in [0.25, 0.3) is 5.76 Å². The maximum atomic E-state index is 13.2. The topological polar surface area (TPSA) is 66.8 Å². The van der Waals surface area contributed by atoms with Gasteiger partial charge in [-0.05, 0) is 67.1 Å². The molecule has 33 heavy (non-hydrogen) atoms. The van der Waals surface area contributed by atoms with Gasteiger partial charge >= 0.3 is 0 Å². The predicted octanol–water partition coefficient (Wildman–Crippen LogP) is 6.67. The van der Waals surface area contributed by atoms with E-state index in [2.05, 4.69) is 0 Å². The van der Waals surface area contributed by atoms with Gasteiger partial charge in [-0.25, -0.2) is 0 Å². The minimum Gasteiger partial charge on any atom is -0.507 e. The van der Waals surface area contributed by atoms with E-state index in [1.165, 1.54) is 23.1 Å². The number of Topliss-reactive ketones (excluding diaryl/α,β-unsaturated/α-hetero) is 1. The van der Waals surface area contributed by atoms with Crippen LogP contribution in [0, 0.1) is 0 Å². The van der Waals surface area contributed by atoms with Crippen molar-refractivity contribution in [2.24, 2.45) is 0 Å². The fraction of sp³-hybridized carbons (Fsp3) is 0.120. The summed E-state index contributed by atoms with van der Waals surface area (Å²) < 4.78 is 5.51. The van der Waals surface area contributed by atoms with Crippen molar-refractivity contribution in [1.29, 1.82) is 0 Å².